The molecule has 29 heavy (non-hydrogen) atoms. The van der Waals surface area contributed by atoms with Gasteiger partial charge < -0.3 is 11.1 Å². The highest BCUT2D eigenvalue weighted by atomic mass is 35.5. The van der Waals surface area contributed by atoms with Gasteiger partial charge in [0.25, 0.3) is 5.91 Å². The van der Waals surface area contributed by atoms with Crippen LogP contribution in [0.25, 0.3) is 0 Å². The Hall–Kier alpha value is -3.26. The number of nitrogens with two attached hydrogens (primary N) is 1. The Labute approximate surface area is 176 Å². The topological polar surface area (TPSA) is 58.4 Å². The number of rotatable bonds is 7. The van der Waals surface area contributed by atoms with Gasteiger partial charge in [0, 0.05) is 23.7 Å². The van der Waals surface area contributed by atoms with Gasteiger partial charge in [-0.1, -0.05) is 53.9 Å². The van der Waals surface area contributed by atoms with Crippen molar-refractivity contribution >= 4 is 28.9 Å². The summed E-state index contributed by atoms with van der Waals surface area (Å²) in [6, 6.07) is 22.4. The minimum atomic E-state index is -0.200. The molecular formula is C24H22ClN3O. The van der Waals surface area contributed by atoms with E-state index in [1.807, 2.05) is 48.5 Å². The third-order valence-corrected chi connectivity index (χ3v) is 4.68. The van der Waals surface area contributed by atoms with E-state index in [-0.39, 0.29) is 5.91 Å². The minimum absolute atomic E-state index is 0.200. The molecule has 0 saturated carbocycles. The number of nitrogens with zero attached hydrogens (tertiary/aromatic N) is 1. The zero-order valence-corrected chi connectivity index (χ0v) is 16.7. The zero-order valence-electron chi connectivity index (χ0n) is 15.9. The summed E-state index contributed by atoms with van der Waals surface area (Å²) < 4.78 is 0. The Morgan fingerprint density at radius 3 is 2.41 bits per heavy atom. The maximum Gasteiger partial charge on any atom is 0.255 e. The molecular weight excluding hydrogens is 382 g/mol. The number of carbonyl (C=O) groups excluding carboxylic acids is 1. The first kappa shape index (κ1) is 20.5. The molecule has 0 fully saturated rings. The van der Waals surface area contributed by atoms with E-state index in [2.05, 4.69) is 16.1 Å². The number of nitrogen functional groups attached to an aromatic ring is 1. The second kappa shape index (κ2) is 9.79. The van der Waals surface area contributed by atoms with Gasteiger partial charge in [-0.3, -0.25) is 9.69 Å². The molecule has 5 heteroatoms. The molecule has 3 N–H and O–H groups in total. The van der Waals surface area contributed by atoms with E-state index in [4.69, 9.17) is 23.8 Å². The Morgan fingerprint density at radius 1 is 1.00 bits per heavy atom. The van der Waals surface area contributed by atoms with Crippen molar-refractivity contribution < 1.29 is 4.79 Å². The number of hydrogen-bond acceptors (Lipinski definition) is 3. The second-order valence-corrected chi connectivity index (χ2v) is 7.15. The fraction of sp³-hybridized carbons (Fsp3) is 0.125. The molecule has 1 amide bonds. The standard InChI is InChI=1S/C24H22ClN3O/c1-2-14-28(17-19-6-5-7-21(25)15-19)16-18-10-12-20(13-11-18)24(29)27-23-9-4-3-8-22(23)26/h1,3-13,15H,14,16-17,26H2,(H,27,29). The highest BCUT2D eigenvalue weighted by molar-refractivity contribution is 6.30. The van der Waals surface area contributed by atoms with Crippen molar-refractivity contribution in [3.8, 4) is 12.3 Å². The summed E-state index contributed by atoms with van der Waals surface area (Å²) in [6.07, 6.45) is 5.54. The lowest BCUT2D eigenvalue weighted by molar-refractivity contribution is 0.102. The Morgan fingerprint density at radius 2 is 1.72 bits per heavy atom. The molecule has 0 atom stereocenters. The molecule has 146 valence electrons. The highest BCUT2D eigenvalue weighted by Gasteiger charge is 2.10. The molecule has 0 aliphatic carbocycles. The van der Waals surface area contributed by atoms with Crippen molar-refractivity contribution in [2.75, 3.05) is 17.6 Å². The van der Waals surface area contributed by atoms with Crippen LogP contribution in [0.15, 0.2) is 72.8 Å². The molecule has 0 saturated heterocycles. The smallest absolute Gasteiger partial charge is 0.255 e. The Bertz CT molecular complexity index is 1020. The van der Waals surface area contributed by atoms with Crippen molar-refractivity contribution in [2.45, 2.75) is 13.1 Å². The quantitative estimate of drug-likeness (QED) is 0.439. The fourth-order valence-electron chi connectivity index (χ4n) is 3.02. The van der Waals surface area contributed by atoms with Gasteiger partial charge in [0.05, 0.1) is 17.9 Å². The first-order chi connectivity index (χ1) is 14.0. The van der Waals surface area contributed by atoms with Crippen LogP contribution in [0.1, 0.15) is 21.5 Å². The summed E-state index contributed by atoms with van der Waals surface area (Å²) in [5, 5.41) is 3.54. The molecule has 3 rings (SSSR count). The molecule has 0 heterocycles. The monoisotopic (exact) mass is 403 g/mol. The molecule has 3 aromatic carbocycles. The lowest BCUT2D eigenvalue weighted by atomic mass is 10.1. The summed E-state index contributed by atoms with van der Waals surface area (Å²) in [5.74, 6) is 2.50. The molecule has 0 aromatic heterocycles. The second-order valence-electron chi connectivity index (χ2n) is 6.72. The Kier molecular flexibility index (Phi) is 6.91. The van der Waals surface area contributed by atoms with Gasteiger partial charge >= 0.3 is 0 Å². The number of benzene rings is 3. The number of terminal acetylenes is 1. The van der Waals surface area contributed by atoms with Crippen molar-refractivity contribution in [3.05, 3.63) is 94.5 Å². The number of nitrogens with one attached hydrogen (secondary N) is 1. The average molecular weight is 404 g/mol. The summed E-state index contributed by atoms with van der Waals surface area (Å²) in [7, 11) is 0. The largest absolute Gasteiger partial charge is 0.397 e. The maximum absolute atomic E-state index is 12.5. The average Bonchev–Trinajstić information content (AvgIpc) is 2.70. The van der Waals surface area contributed by atoms with E-state index < -0.39 is 0 Å². The molecule has 0 aliphatic heterocycles. The van der Waals surface area contributed by atoms with Crippen LogP contribution in [-0.2, 0) is 13.1 Å². The number of hydrogen-bond donors (Lipinski definition) is 2. The molecule has 0 radical (unpaired) electrons. The van der Waals surface area contributed by atoms with Gasteiger partial charge in [0.15, 0.2) is 0 Å². The lowest BCUT2D eigenvalue weighted by Gasteiger charge is -2.20. The minimum Gasteiger partial charge on any atom is -0.397 e. The van der Waals surface area contributed by atoms with E-state index in [1.54, 1.807) is 24.3 Å². The van der Waals surface area contributed by atoms with E-state index in [0.717, 1.165) is 11.1 Å². The number of anilines is 2. The zero-order chi connectivity index (χ0) is 20.6. The van der Waals surface area contributed by atoms with Crippen LogP contribution in [-0.4, -0.2) is 17.4 Å². The normalized spacial score (nSPS) is 10.5. The summed E-state index contributed by atoms with van der Waals surface area (Å²) >= 11 is 6.08. The first-order valence-electron chi connectivity index (χ1n) is 9.20. The summed E-state index contributed by atoms with van der Waals surface area (Å²) in [4.78, 5) is 14.6. The van der Waals surface area contributed by atoms with Gasteiger partial charge in [-0.25, -0.2) is 0 Å². The molecule has 3 aromatic rings. The van der Waals surface area contributed by atoms with E-state index >= 15 is 0 Å². The van der Waals surface area contributed by atoms with E-state index in [1.165, 1.54) is 0 Å². The molecule has 0 spiro atoms. The lowest BCUT2D eigenvalue weighted by Crippen LogP contribution is -2.23. The SMILES string of the molecule is C#CCN(Cc1ccc(C(=O)Nc2ccccc2N)cc1)Cc1cccc(Cl)c1. The van der Waals surface area contributed by atoms with Crippen molar-refractivity contribution in [1.82, 2.24) is 4.90 Å². The van der Waals surface area contributed by atoms with Crippen LogP contribution in [0.4, 0.5) is 11.4 Å². The predicted octanol–water partition coefficient (Wildman–Crippen LogP) is 4.81. The summed E-state index contributed by atoms with van der Waals surface area (Å²) in [5.41, 5.74) is 9.75. The number of carbonyl (C=O) groups is 1. The highest BCUT2D eigenvalue weighted by Crippen LogP contribution is 2.19. The van der Waals surface area contributed by atoms with E-state index in [0.29, 0.717) is 41.6 Å². The van der Waals surface area contributed by atoms with Crippen molar-refractivity contribution in [2.24, 2.45) is 0 Å². The van der Waals surface area contributed by atoms with E-state index in [9.17, 15) is 4.79 Å². The fourth-order valence-corrected chi connectivity index (χ4v) is 3.23. The van der Waals surface area contributed by atoms with Crippen LogP contribution in [0.3, 0.4) is 0 Å². The van der Waals surface area contributed by atoms with Crippen LogP contribution in [0.5, 0.6) is 0 Å². The number of amides is 1. The van der Waals surface area contributed by atoms with Crippen LogP contribution in [0.2, 0.25) is 5.02 Å². The maximum atomic E-state index is 12.5. The van der Waals surface area contributed by atoms with Gasteiger partial charge in [0.1, 0.15) is 0 Å². The van der Waals surface area contributed by atoms with Gasteiger partial charge in [-0.05, 0) is 47.5 Å². The molecule has 4 nitrogen and oxygen atoms in total. The van der Waals surface area contributed by atoms with Crippen molar-refractivity contribution in [3.63, 3.8) is 0 Å². The first-order valence-corrected chi connectivity index (χ1v) is 9.58. The number of halogens is 1. The van der Waals surface area contributed by atoms with Crippen molar-refractivity contribution in [1.29, 1.82) is 0 Å². The van der Waals surface area contributed by atoms with Gasteiger partial charge in [-0.15, -0.1) is 6.42 Å². The third-order valence-electron chi connectivity index (χ3n) is 4.44. The molecule has 0 bridgehead atoms. The summed E-state index contributed by atoms with van der Waals surface area (Å²) in [6.45, 7) is 1.88. The molecule has 0 unspecified atom stereocenters. The molecule has 0 aliphatic rings. The third kappa shape index (κ3) is 5.86. The van der Waals surface area contributed by atoms with Crippen LogP contribution >= 0.6 is 11.6 Å². The van der Waals surface area contributed by atoms with Gasteiger partial charge in [-0.2, -0.15) is 0 Å². The van der Waals surface area contributed by atoms with Crippen LogP contribution < -0.4 is 11.1 Å². The van der Waals surface area contributed by atoms with Crippen LogP contribution in [0, 0.1) is 12.3 Å². The Balaban J connectivity index is 1.65. The predicted molar refractivity (Wildman–Crippen MR) is 120 cm³/mol. The number of para-hydroxylation sites is 2. The van der Waals surface area contributed by atoms with Gasteiger partial charge in [0.2, 0.25) is 0 Å².